The Morgan fingerprint density at radius 2 is 1.82 bits per heavy atom. The third kappa shape index (κ3) is 5.08. The highest BCUT2D eigenvalue weighted by molar-refractivity contribution is 7.88. The lowest BCUT2D eigenvalue weighted by Gasteiger charge is -2.29. The van der Waals surface area contributed by atoms with E-state index in [0.717, 1.165) is 37.1 Å². The molecule has 1 N–H and O–H groups in total. The minimum absolute atomic E-state index is 0.186. The predicted molar refractivity (Wildman–Crippen MR) is 126 cm³/mol. The van der Waals surface area contributed by atoms with Crippen LogP contribution in [0.25, 0.3) is 0 Å². The van der Waals surface area contributed by atoms with E-state index in [9.17, 15) is 18.0 Å². The fraction of sp³-hybridized carbons (Fsp3) is 0.682. The molecule has 3 aliphatic rings. The standard InChI is InChI=1S/C22H32N6O4S/c1-22(2,3)17-13-18(24-19(29)14-9-11-27(12-10-14)33(4,31)32)28(26-17)21-23-16-8-6-5-7-15(16)20(30)25-21/h13-15H,5-12H2,1-4H3,(H,24,29). The quantitative estimate of drug-likeness (QED) is 0.715. The van der Waals surface area contributed by atoms with Crippen LogP contribution in [0.15, 0.2) is 16.1 Å². The number of hydrogen-bond donors (Lipinski definition) is 1. The first-order valence-electron chi connectivity index (χ1n) is 11.5. The summed E-state index contributed by atoms with van der Waals surface area (Å²) in [4.78, 5) is 34.6. The number of carbonyl (C=O) groups excluding carboxylic acids is 2. The number of aromatic nitrogens is 2. The van der Waals surface area contributed by atoms with Gasteiger partial charge >= 0.3 is 0 Å². The van der Waals surface area contributed by atoms with Gasteiger partial charge in [-0.3, -0.25) is 9.59 Å². The Labute approximate surface area is 194 Å². The summed E-state index contributed by atoms with van der Waals surface area (Å²) in [6, 6.07) is 1.80. The molecule has 1 aromatic heterocycles. The van der Waals surface area contributed by atoms with Crippen LogP contribution in [0.1, 0.15) is 65.0 Å². The summed E-state index contributed by atoms with van der Waals surface area (Å²) in [6.07, 6.45) is 5.61. The molecule has 1 saturated carbocycles. The van der Waals surface area contributed by atoms with Gasteiger partial charge in [-0.05, 0) is 32.1 Å². The van der Waals surface area contributed by atoms with Gasteiger partial charge in [-0.1, -0.05) is 27.2 Å². The Morgan fingerprint density at radius 3 is 2.45 bits per heavy atom. The summed E-state index contributed by atoms with van der Waals surface area (Å²) in [6.45, 7) is 6.69. The van der Waals surface area contributed by atoms with Gasteiger partial charge in [0.1, 0.15) is 5.82 Å². The molecule has 1 unspecified atom stereocenters. The summed E-state index contributed by atoms with van der Waals surface area (Å²) in [5.74, 6) is -0.346. The Hall–Kier alpha value is -2.40. The number of sulfonamides is 1. The second-order valence-electron chi connectivity index (χ2n) is 10.2. The monoisotopic (exact) mass is 476 g/mol. The predicted octanol–water partition coefficient (Wildman–Crippen LogP) is 2.17. The van der Waals surface area contributed by atoms with Gasteiger partial charge in [0, 0.05) is 36.2 Å². The molecule has 33 heavy (non-hydrogen) atoms. The van der Waals surface area contributed by atoms with E-state index in [1.165, 1.54) is 15.2 Å². The minimum atomic E-state index is -3.26. The Morgan fingerprint density at radius 1 is 1.12 bits per heavy atom. The Bertz CT molecular complexity index is 1120. The van der Waals surface area contributed by atoms with Crippen molar-refractivity contribution >= 4 is 39.3 Å². The molecule has 10 nitrogen and oxygen atoms in total. The van der Waals surface area contributed by atoms with E-state index < -0.39 is 10.0 Å². The van der Waals surface area contributed by atoms with Crippen LogP contribution in [0.5, 0.6) is 0 Å². The molecule has 11 heteroatoms. The van der Waals surface area contributed by atoms with Crippen molar-refractivity contribution in [2.45, 2.75) is 64.7 Å². The molecule has 180 valence electrons. The summed E-state index contributed by atoms with van der Waals surface area (Å²) < 4.78 is 26.4. The number of amides is 2. The van der Waals surface area contributed by atoms with Gasteiger partial charge in [0.05, 0.1) is 17.9 Å². The molecule has 4 rings (SSSR count). The normalized spacial score (nSPS) is 23.0. The zero-order valence-electron chi connectivity index (χ0n) is 19.7. The Balaban J connectivity index is 1.59. The molecule has 2 amide bonds. The highest BCUT2D eigenvalue weighted by Crippen LogP contribution is 2.29. The van der Waals surface area contributed by atoms with E-state index in [1.54, 1.807) is 6.07 Å². The van der Waals surface area contributed by atoms with Crippen molar-refractivity contribution in [1.82, 2.24) is 14.1 Å². The maximum atomic E-state index is 13.0. The first kappa shape index (κ1) is 23.7. The lowest BCUT2D eigenvalue weighted by molar-refractivity contribution is -0.121. The second kappa shape index (κ2) is 8.75. The molecule has 2 aliphatic heterocycles. The largest absolute Gasteiger partial charge is 0.310 e. The number of rotatable bonds is 3. The lowest BCUT2D eigenvalue weighted by Crippen LogP contribution is -2.41. The topological polar surface area (TPSA) is 126 Å². The fourth-order valence-corrected chi connectivity index (χ4v) is 5.36. The molecule has 1 saturated heterocycles. The summed E-state index contributed by atoms with van der Waals surface area (Å²) in [5.41, 5.74) is 1.30. The maximum absolute atomic E-state index is 13.0. The van der Waals surface area contributed by atoms with Crippen LogP contribution in [0, 0.1) is 11.8 Å². The Kier molecular flexibility index (Phi) is 6.30. The number of aliphatic imine (C=N–C) groups is 2. The molecule has 1 aromatic rings. The zero-order valence-corrected chi connectivity index (χ0v) is 20.5. The SMILES string of the molecule is CC(C)(C)c1cc(NC(=O)C2CCN(S(C)(=O)=O)CC2)n(C2=NC(=O)C3CCCCC3=N2)n1. The van der Waals surface area contributed by atoms with Crippen LogP contribution in [0.4, 0.5) is 5.82 Å². The van der Waals surface area contributed by atoms with Crippen LogP contribution in [0.2, 0.25) is 0 Å². The molecule has 0 bridgehead atoms. The van der Waals surface area contributed by atoms with Crippen molar-refractivity contribution < 1.29 is 18.0 Å². The average Bonchev–Trinajstić information content (AvgIpc) is 3.17. The number of hydrogen-bond acceptors (Lipinski definition) is 6. The highest BCUT2D eigenvalue weighted by atomic mass is 32.2. The average molecular weight is 477 g/mol. The second-order valence-corrected chi connectivity index (χ2v) is 12.1. The van der Waals surface area contributed by atoms with Gasteiger partial charge in [-0.15, -0.1) is 0 Å². The first-order chi connectivity index (χ1) is 15.4. The van der Waals surface area contributed by atoms with Crippen LogP contribution >= 0.6 is 0 Å². The van der Waals surface area contributed by atoms with Crippen LogP contribution in [-0.2, 0) is 25.0 Å². The van der Waals surface area contributed by atoms with Gasteiger partial charge in [0.25, 0.3) is 11.9 Å². The van der Waals surface area contributed by atoms with Crippen molar-refractivity contribution in [2.75, 3.05) is 24.7 Å². The van der Waals surface area contributed by atoms with E-state index in [1.807, 2.05) is 20.8 Å². The molecule has 1 aliphatic carbocycles. The summed E-state index contributed by atoms with van der Waals surface area (Å²) in [5, 5.41) is 7.59. The van der Waals surface area contributed by atoms with E-state index in [0.29, 0.717) is 31.7 Å². The van der Waals surface area contributed by atoms with Gasteiger partial charge < -0.3 is 5.32 Å². The summed E-state index contributed by atoms with van der Waals surface area (Å²) >= 11 is 0. The lowest BCUT2D eigenvalue weighted by atomic mass is 9.86. The van der Waals surface area contributed by atoms with Crippen molar-refractivity contribution in [3.63, 3.8) is 0 Å². The van der Waals surface area contributed by atoms with Crippen molar-refractivity contribution in [2.24, 2.45) is 21.8 Å². The van der Waals surface area contributed by atoms with Gasteiger partial charge in [0.15, 0.2) is 0 Å². The number of fused-ring (bicyclic) bond motifs is 1. The highest BCUT2D eigenvalue weighted by Gasteiger charge is 2.34. The molecule has 0 radical (unpaired) electrons. The number of carbonyl (C=O) groups is 2. The number of piperidine rings is 1. The maximum Gasteiger partial charge on any atom is 0.257 e. The van der Waals surface area contributed by atoms with Crippen LogP contribution in [-0.4, -0.2) is 65.3 Å². The number of anilines is 1. The molecular weight excluding hydrogens is 444 g/mol. The summed E-state index contributed by atoms with van der Waals surface area (Å²) in [7, 11) is -3.26. The smallest absolute Gasteiger partial charge is 0.257 e. The van der Waals surface area contributed by atoms with Crippen molar-refractivity contribution in [3.8, 4) is 0 Å². The van der Waals surface area contributed by atoms with Crippen molar-refractivity contribution in [3.05, 3.63) is 11.8 Å². The molecular formula is C22H32N6O4S. The molecule has 3 heterocycles. The third-order valence-corrected chi connectivity index (χ3v) is 7.85. The molecule has 0 aromatic carbocycles. The minimum Gasteiger partial charge on any atom is -0.310 e. The molecule has 0 spiro atoms. The first-order valence-corrected chi connectivity index (χ1v) is 13.4. The van der Waals surface area contributed by atoms with Gasteiger partial charge in [-0.25, -0.2) is 17.7 Å². The van der Waals surface area contributed by atoms with E-state index in [4.69, 9.17) is 0 Å². The van der Waals surface area contributed by atoms with Crippen LogP contribution in [0.3, 0.4) is 0 Å². The third-order valence-electron chi connectivity index (χ3n) is 6.54. The zero-order chi connectivity index (χ0) is 24.0. The van der Waals surface area contributed by atoms with Crippen molar-refractivity contribution in [1.29, 1.82) is 0 Å². The van der Waals surface area contributed by atoms with Gasteiger partial charge in [-0.2, -0.15) is 14.8 Å². The molecule has 1 atom stereocenters. The van der Waals surface area contributed by atoms with E-state index in [-0.39, 0.29) is 35.0 Å². The van der Waals surface area contributed by atoms with E-state index >= 15 is 0 Å². The van der Waals surface area contributed by atoms with Gasteiger partial charge in [0.2, 0.25) is 15.9 Å². The number of nitrogens with zero attached hydrogens (tertiary/aromatic N) is 5. The fourth-order valence-electron chi connectivity index (χ4n) is 4.49. The van der Waals surface area contributed by atoms with E-state index in [2.05, 4.69) is 20.4 Å². The molecule has 2 fully saturated rings. The van der Waals surface area contributed by atoms with Crippen LogP contribution < -0.4 is 5.32 Å². The number of nitrogens with one attached hydrogen (secondary N) is 1.